The van der Waals surface area contributed by atoms with Gasteiger partial charge < -0.3 is 25.3 Å². The number of nitrogens with zero attached hydrogens (tertiary/aromatic N) is 3. The lowest BCUT2D eigenvalue weighted by Crippen LogP contribution is -2.32. The third kappa shape index (κ3) is 5.21. The van der Waals surface area contributed by atoms with Gasteiger partial charge in [-0.2, -0.15) is 0 Å². The molecule has 3 N–H and O–H groups in total. The highest BCUT2D eigenvalue weighted by atomic mass is 16.5. The summed E-state index contributed by atoms with van der Waals surface area (Å²) in [7, 11) is 0. The van der Waals surface area contributed by atoms with Crippen LogP contribution in [0.25, 0.3) is 5.82 Å². The average Bonchev–Trinajstić information content (AvgIpc) is 3.22. The number of urea groups is 1. The van der Waals surface area contributed by atoms with Crippen LogP contribution < -0.4 is 20.7 Å². The molecule has 2 aromatic heterocycles. The predicted molar refractivity (Wildman–Crippen MR) is 104 cm³/mol. The Kier molecular flexibility index (Phi) is 6.24. The number of benzene rings is 1. The fourth-order valence-electron chi connectivity index (χ4n) is 2.46. The normalized spacial score (nSPS) is 10.3. The van der Waals surface area contributed by atoms with E-state index in [-0.39, 0.29) is 6.03 Å². The van der Waals surface area contributed by atoms with Gasteiger partial charge in [-0.25, -0.2) is 14.8 Å². The van der Waals surface area contributed by atoms with E-state index in [4.69, 9.17) is 4.74 Å². The third-order valence-electron chi connectivity index (χ3n) is 3.67. The quantitative estimate of drug-likeness (QED) is 0.533. The molecule has 2 amide bonds. The Hall–Kier alpha value is -3.55. The van der Waals surface area contributed by atoms with Crippen LogP contribution in [0, 0.1) is 0 Å². The van der Waals surface area contributed by atoms with Gasteiger partial charge in [0.05, 0.1) is 12.3 Å². The molecule has 8 nitrogen and oxygen atoms in total. The van der Waals surface area contributed by atoms with Crippen LogP contribution in [-0.4, -0.2) is 40.3 Å². The lowest BCUT2D eigenvalue weighted by Gasteiger charge is -2.12. The van der Waals surface area contributed by atoms with Gasteiger partial charge in [-0.3, -0.25) is 0 Å². The van der Waals surface area contributed by atoms with Crippen LogP contribution in [0.4, 0.5) is 16.3 Å². The van der Waals surface area contributed by atoms with Gasteiger partial charge in [0.1, 0.15) is 23.7 Å². The minimum absolute atomic E-state index is 0.292. The topological polar surface area (TPSA) is 93.1 Å². The Morgan fingerprint density at radius 2 is 1.93 bits per heavy atom. The number of nitrogens with one attached hydrogen (secondary N) is 3. The van der Waals surface area contributed by atoms with Crippen molar-refractivity contribution in [3.63, 3.8) is 0 Å². The number of hydrogen-bond donors (Lipinski definition) is 3. The molecular formula is C19H22N6O2. The first-order valence-corrected chi connectivity index (χ1v) is 8.72. The van der Waals surface area contributed by atoms with Crippen molar-refractivity contribution in [2.45, 2.75) is 6.92 Å². The summed E-state index contributed by atoms with van der Waals surface area (Å²) in [5.74, 6) is 2.11. The van der Waals surface area contributed by atoms with Crippen LogP contribution >= 0.6 is 0 Å². The second kappa shape index (κ2) is 9.23. The van der Waals surface area contributed by atoms with E-state index in [1.54, 1.807) is 6.07 Å². The van der Waals surface area contributed by atoms with Crippen molar-refractivity contribution in [2.75, 3.05) is 30.3 Å². The molecule has 3 rings (SSSR count). The van der Waals surface area contributed by atoms with E-state index in [0.29, 0.717) is 37.0 Å². The molecule has 140 valence electrons. The van der Waals surface area contributed by atoms with Crippen LogP contribution in [0.2, 0.25) is 0 Å². The van der Waals surface area contributed by atoms with Crippen molar-refractivity contribution < 1.29 is 9.53 Å². The first-order valence-electron chi connectivity index (χ1n) is 8.72. The van der Waals surface area contributed by atoms with Crippen LogP contribution in [-0.2, 0) is 0 Å². The summed E-state index contributed by atoms with van der Waals surface area (Å²) in [5, 5.41) is 8.75. The highest BCUT2D eigenvalue weighted by molar-refractivity contribution is 5.90. The van der Waals surface area contributed by atoms with E-state index in [1.807, 2.05) is 60.3 Å². The Labute approximate surface area is 157 Å². The number of para-hydroxylation sites is 2. The smallest absolute Gasteiger partial charge is 0.319 e. The van der Waals surface area contributed by atoms with E-state index >= 15 is 0 Å². The Balaban J connectivity index is 1.45. The minimum atomic E-state index is -0.292. The molecule has 0 aliphatic rings. The molecule has 0 unspecified atom stereocenters. The van der Waals surface area contributed by atoms with E-state index < -0.39 is 0 Å². The van der Waals surface area contributed by atoms with Gasteiger partial charge in [-0.15, -0.1) is 0 Å². The molecule has 1 aromatic carbocycles. The van der Waals surface area contributed by atoms with E-state index in [0.717, 1.165) is 5.82 Å². The van der Waals surface area contributed by atoms with Gasteiger partial charge in [0.15, 0.2) is 0 Å². The van der Waals surface area contributed by atoms with Crippen LogP contribution in [0.5, 0.6) is 5.75 Å². The Morgan fingerprint density at radius 1 is 1.11 bits per heavy atom. The highest BCUT2D eigenvalue weighted by Gasteiger charge is 2.06. The predicted octanol–water partition coefficient (Wildman–Crippen LogP) is 2.90. The molecule has 0 atom stereocenters. The first-order chi connectivity index (χ1) is 13.3. The van der Waals surface area contributed by atoms with Crippen LogP contribution in [0.1, 0.15) is 6.92 Å². The second-order valence-corrected chi connectivity index (χ2v) is 5.59. The molecular weight excluding hydrogens is 344 g/mol. The van der Waals surface area contributed by atoms with Gasteiger partial charge in [0.25, 0.3) is 0 Å². The summed E-state index contributed by atoms with van der Waals surface area (Å²) in [6.07, 6.45) is 5.33. The summed E-state index contributed by atoms with van der Waals surface area (Å²) in [6, 6.07) is 12.7. The average molecular weight is 366 g/mol. The number of carbonyl (C=O) groups excluding carboxylic acids is 1. The lowest BCUT2D eigenvalue weighted by molar-refractivity contribution is 0.252. The van der Waals surface area contributed by atoms with Gasteiger partial charge in [0.2, 0.25) is 0 Å². The van der Waals surface area contributed by atoms with Crippen molar-refractivity contribution in [1.29, 1.82) is 0 Å². The zero-order chi connectivity index (χ0) is 18.9. The maximum atomic E-state index is 12.1. The molecule has 3 aromatic rings. The van der Waals surface area contributed by atoms with E-state index in [1.165, 1.54) is 6.33 Å². The van der Waals surface area contributed by atoms with Crippen molar-refractivity contribution >= 4 is 17.5 Å². The molecule has 8 heteroatoms. The van der Waals surface area contributed by atoms with Gasteiger partial charge in [-0.1, -0.05) is 12.1 Å². The van der Waals surface area contributed by atoms with Crippen molar-refractivity contribution in [1.82, 2.24) is 19.9 Å². The molecule has 0 radical (unpaired) electrons. The summed E-state index contributed by atoms with van der Waals surface area (Å²) in [4.78, 5) is 20.5. The molecule has 27 heavy (non-hydrogen) atoms. The number of aromatic nitrogens is 3. The first kappa shape index (κ1) is 18.2. The number of anilines is 2. The number of amides is 2. The van der Waals surface area contributed by atoms with Crippen molar-refractivity contribution in [3.05, 3.63) is 61.2 Å². The molecule has 0 aliphatic heterocycles. The van der Waals surface area contributed by atoms with Gasteiger partial charge in [-0.05, 0) is 31.2 Å². The lowest BCUT2D eigenvalue weighted by atomic mass is 10.3. The molecule has 2 heterocycles. The van der Waals surface area contributed by atoms with Crippen LogP contribution in [0.3, 0.4) is 0 Å². The summed E-state index contributed by atoms with van der Waals surface area (Å²) in [5.41, 5.74) is 0.636. The SMILES string of the molecule is CCOc1ccccc1NC(=O)NCCNc1cc(-n2cccc2)ncn1. The zero-order valence-electron chi connectivity index (χ0n) is 15.1. The Morgan fingerprint density at radius 3 is 2.74 bits per heavy atom. The number of ether oxygens (including phenoxy) is 1. The molecule has 0 spiro atoms. The minimum Gasteiger partial charge on any atom is -0.492 e. The van der Waals surface area contributed by atoms with E-state index in [9.17, 15) is 4.79 Å². The maximum Gasteiger partial charge on any atom is 0.319 e. The zero-order valence-corrected chi connectivity index (χ0v) is 15.1. The summed E-state index contributed by atoms with van der Waals surface area (Å²) < 4.78 is 7.39. The Bertz CT molecular complexity index is 866. The molecule has 0 bridgehead atoms. The molecule has 0 saturated heterocycles. The van der Waals surface area contributed by atoms with Gasteiger partial charge >= 0.3 is 6.03 Å². The fraction of sp³-hybridized carbons (Fsp3) is 0.211. The number of rotatable bonds is 8. The van der Waals surface area contributed by atoms with Crippen molar-refractivity contribution in [2.24, 2.45) is 0 Å². The van der Waals surface area contributed by atoms with Crippen molar-refractivity contribution in [3.8, 4) is 11.6 Å². The summed E-state index contributed by atoms with van der Waals surface area (Å²) >= 11 is 0. The highest BCUT2D eigenvalue weighted by Crippen LogP contribution is 2.23. The van der Waals surface area contributed by atoms with Crippen LogP contribution in [0.15, 0.2) is 61.2 Å². The molecule has 0 fully saturated rings. The number of hydrogen-bond acceptors (Lipinski definition) is 5. The monoisotopic (exact) mass is 366 g/mol. The maximum absolute atomic E-state index is 12.1. The number of carbonyl (C=O) groups is 1. The summed E-state index contributed by atoms with van der Waals surface area (Å²) in [6.45, 7) is 3.40. The standard InChI is InChI=1S/C19H22N6O2/c1-2-27-16-8-4-3-7-15(16)24-19(26)21-10-9-20-17-13-18(23-14-22-17)25-11-5-6-12-25/h3-8,11-14H,2,9-10H2,1H3,(H,20,22,23)(H2,21,24,26). The third-order valence-corrected chi connectivity index (χ3v) is 3.67. The molecule has 0 aliphatic carbocycles. The second-order valence-electron chi connectivity index (χ2n) is 5.59. The fourth-order valence-corrected chi connectivity index (χ4v) is 2.46. The van der Waals surface area contributed by atoms with Gasteiger partial charge in [0, 0.05) is 31.5 Å². The molecule has 0 saturated carbocycles. The van der Waals surface area contributed by atoms with E-state index in [2.05, 4.69) is 25.9 Å². The largest absolute Gasteiger partial charge is 0.492 e.